The second-order valence-corrected chi connectivity index (χ2v) is 4.28. The number of nitrogens with one attached hydrogen (secondary N) is 1. The number of aliphatic hydroxyl groups is 1. The zero-order chi connectivity index (χ0) is 12.3. The third kappa shape index (κ3) is 2.94. The summed E-state index contributed by atoms with van der Waals surface area (Å²) in [4.78, 5) is 22.5. The van der Waals surface area contributed by atoms with Crippen molar-refractivity contribution in [1.29, 1.82) is 0 Å². The molecule has 2 rings (SSSR count). The van der Waals surface area contributed by atoms with Gasteiger partial charge < -0.3 is 14.8 Å². The maximum absolute atomic E-state index is 11.8. The van der Waals surface area contributed by atoms with Crippen LogP contribution in [0.25, 0.3) is 0 Å². The van der Waals surface area contributed by atoms with Gasteiger partial charge in [-0.25, -0.2) is 4.79 Å². The molecular weight excluding hydrogens is 222 g/mol. The van der Waals surface area contributed by atoms with Crippen molar-refractivity contribution < 1.29 is 14.3 Å². The van der Waals surface area contributed by atoms with Crippen LogP contribution in [0.1, 0.15) is 36.0 Å². The van der Waals surface area contributed by atoms with Gasteiger partial charge in [-0.3, -0.25) is 4.79 Å². The third-order valence-corrected chi connectivity index (χ3v) is 3.01. The molecule has 1 aromatic rings. The van der Waals surface area contributed by atoms with E-state index in [1.807, 2.05) is 0 Å². The van der Waals surface area contributed by atoms with Gasteiger partial charge in [-0.15, -0.1) is 0 Å². The summed E-state index contributed by atoms with van der Waals surface area (Å²) in [6, 6.07) is 2.41. The Morgan fingerprint density at radius 2 is 2.12 bits per heavy atom. The first-order chi connectivity index (χ1) is 8.16. The van der Waals surface area contributed by atoms with Gasteiger partial charge >= 0.3 is 5.63 Å². The average molecular weight is 237 g/mol. The van der Waals surface area contributed by atoms with Crippen LogP contribution in [-0.2, 0) is 0 Å². The number of hydrogen-bond acceptors (Lipinski definition) is 4. The molecule has 0 saturated heterocycles. The molecule has 1 amide bonds. The first-order valence-corrected chi connectivity index (χ1v) is 5.74. The predicted molar refractivity (Wildman–Crippen MR) is 60.7 cm³/mol. The van der Waals surface area contributed by atoms with Crippen molar-refractivity contribution in [3.05, 3.63) is 34.4 Å². The van der Waals surface area contributed by atoms with E-state index in [2.05, 4.69) is 9.73 Å². The molecule has 2 atom stereocenters. The Morgan fingerprint density at radius 3 is 2.76 bits per heavy atom. The highest BCUT2D eigenvalue weighted by Gasteiger charge is 2.24. The molecule has 0 spiro atoms. The second-order valence-electron chi connectivity index (χ2n) is 4.28. The number of aliphatic hydroxyl groups excluding tert-OH is 1. The van der Waals surface area contributed by atoms with E-state index in [-0.39, 0.29) is 11.9 Å². The van der Waals surface area contributed by atoms with Crippen molar-refractivity contribution in [2.24, 2.45) is 0 Å². The molecule has 1 heterocycles. The van der Waals surface area contributed by atoms with Crippen LogP contribution in [0.2, 0.25) is 0 Å². The van der Waals surface area contributed by atoms with Gasteiger partial charge in [-0.2, -0.15) is 0 Å². The van der Waals surface area contributed by atoms with Crippen molar-refractivity contribution in [3.63, 3.8) is 0 Å². The van der Waals surface area contributed by atoms with Crippen LogP contribution in [-0.4, -0.2) is 23.2 Å². The van der Waals surface area contributed by atoms with Crippen molar-refractivity contribution in [2.75, 3.05) is 0 Å². The SMILES string of the molecule is O=C(N[C@H]1CCCC[C@@H]1O)c1ccc(=O)oc1. The van der Waals surface area contributed by atoms with Gasteiger partial charge in [0.05, 0.1) is 17.7 Å². The molecule has 0 aromatic carbocycles. The summed E-state index contributed by atoms with van der Waals surface area (Å²) in [7, 11) is 0. The Morgan fingerprint density at radius 1 is 1.35 bits per heavy atom. The zero-order valence-corrected chi connectivity index (χ0v) is 9.39. The molecule has 0 unspecified atom stereocenters. The van der Waals surface area contributed by atoms with Gasteiger partial charge in [0.15, 0.2) is 0 Å². The van der Waals surface area contributed by atoms with Crippen molar-refractivity contribution in [1.82, 2.24) is 5.32 Å². The van der Waals surface area contributed by atoms with Crippen molar-refractivity contribution in [3.8, 4) is 0 Å². The third-order valence-electron chi connectivity index (χ3n) is 3.01. The van der Waals surface area contributed by atoms with Crippen LogP contribution in [0.5, 0.6) is 0 Å². The summed E-state index contributed by atoms with van der Waals surface area (Å²) in [5.74, 6) is -0.320. The van der Waals surface area contributed by atoms with Crippen LogP contribution in [0, 0.1) is 0 Å². The minimum atomic E-state index is -0.487. The van der Waals surface area contributed by atoms with Gasteiger partial charge in [-0.1, -0.05) is 12.8 Å². The molecule has 17 heavy (non-hydrogen) atoms. The first-order valence-electron chi connectivity index (χ1n) is 5.74. The Bertz CT molecular complexity index is 434. The standard InChI is InChI=1S/C12H15NO4/c14-10-4-2-1-3-9(10)13-12(16)8-5-6-11(15)17-7-8/h5-7,9-10,14H,1-4H2,(H,13,16)/t9-,10-/m0/s1. The lowest BCUT2D eigenvalue weighted by atomic mass is 9.92. The number of carbonyl (C=O) groups excluding carboxylic acids is 1. The van der Waals surface area contributed by atoms with E-state index in [1.165, 1.54) is 12.1 Å². The molecular formula is C12H15NO4. The zero-order valence-electron chi connectivity index (χ0n) is 9.39. The highest BCUT2D eigenvalue weighted by Crippen LogP contribution is 2.18. The van der Waals surface area contributed by atoms with Crippen LogP contribution in [0.3, 0.4) is 0 Å². The second kappa shape index (κ2) is 5.14. The normalized spacial score (nSPS) is 24.3. The minimum Gasteiger partial charge on any atom is -0.430 e. The predicted octanol–water partition coefficient (Wildman–Crippen LogP) is 0.673. The average Bonchev–Trinajstić information content (AvgIpc) is 2.33. The molecule has 0 bridgehead atoms. The molecule has 0 aliphatic heterocycles. The van der Waals surface area contributed by atoms with Crippen molar-refractivity contribution >= 4 is 5.91 Å². The largest absolute Gasteiger partial charge is 0.430 e. The Labute approximate surface area is 98.5 Å². The molecule has 92 valence electrons. The quantitative estimate of drug-likeness (QED) is 0.792. The molecule has 5 nitrogen and oxygen atoms in total. The van der Waals surface area contributed by atoms with Crippen LogP contribution >= 0.6 is 0 Å². The van der Waals surface area contributed by atoms with Gasteiger partial charge in [0.1, 0.15) is 6.26 Å². The van der Waals surface area contributed by atoms with E-state index in [0.717, 1.165) is 31.9 Å². The van der Waals surface area contributed by atoms with E-state index in [0.29, 0.717) is 5.56 Å². The van der Waals surface area contributed by atoms with E-state index in [1.54, 1.807) is 0 Å². The van der Waals surface area contributed by atoms with Gasteiger partial charge in [0.25, 0.3) is 5.91 Å². The molecule has 2 N–H and O–H groups in total. The lowest BCUT2D eigenvalue weighted by Crippen LogP contribution is -2.45. The van der Waals surface area contributed by atoms with E-state index in [4.69, 9.17) is 0 Å². The summed E-state index contributed by atoms with van der Waals surface area (Å²) < 4.78 is 4.62. The number of hydrogen-bond donors (Lipinski definition) is 2. The fourth-order valence-electron chi connectivity index (χ4n) is 2.02. The number of rotatable bonds is 2. The molecule has 1 aliphatic rings. The highest BCUT2D eigenvalue weighted by molar-refractivity contribution is 5.93. The van der Waals surface area contributed by atoms with Crippen LogP contribution in [0.15, 0.2) is 27.6 Å². The fraction of sp³-hybridized carbons (Fsp3) is 0.500. The van der Waals surface area contributed by atoms with E-state index in [9.17, 15) is 14.7 Å². The monoisotopic (exact) mass is 237 g/mol. The van der Waals surface area contributed by atoms with Crippen LogP contribution < -0.4 is 10.9 Å². The highest BCUT2D eigenvalue weighted by atomic mass is 16.4. The van der Waals surface area contributed by atoms with E-state index >= 15 is 0 Å². The smallest absolute Gasteiger partial charge is 0.335 e. The molecule has 5 heteroatoms. The summed E-state index contributed by atoms with van der Waals surface area (Å²) >= 11 is 0. The summed E-state index contributed by atoms with van der Waals surface area (Å²) in [5.41, 5.74) is -0.193. The minimum absolute atomic E-state index is 0.205. The maximum atomic E-state index is 11.8. The summed E-state index contributed by atoms with van der Waals surface area (Å²) in [6.45, 7) is 0. The van der Waals surface area contributed by atoms with E-state index < -0.39 is 11.7 Å². The van der Waals surface area contributed by atoms with Crippen LogP contribution in [0.4, 0.5) is 0 Å². The molecule has 1 aliphatic carbocycles. The topological polar surface area (TPSA) is 79.5 Å². The molecule has 1 saturated carbocycles. The Balaban J connectivity index is 2.01. The Hall–Kier alpha value is -1.62. The molecule has 0 radical (unpaired) electrons. The first kappa shape index (κ1) is 11.9. The fourth-order valence-corrected chi connectivity index (χ4v) is 2.02. The Kier molecular flexibility index (Phi) is 3.58. The maximum Gasteiger partial charge on any atom is 0.335 e. The van der Waals surface area contributed by atoms with Gasteiger partial charge in [-0.05, 0) is 18.9 Å². The lowest BCUT2D eigenvalue weighted by Gasteiger charge is -2.28. The molecule has 1 aromatic heterocycles. The lowest BCUT2D eigenvalue weighted by molar-refractivity contribution is 0.0715. The van der Waals surface area contributed by atoms with Gasteiger partial charge in [0.2, 0.25) is 0 Å². The number of carbonyl (C=O) groups is 1. The summed E-state index contributed by atoms with van der Waals surface area (Å²) in [5, 5.41) is 12.5. The van der Waals surface area contributed by atoms with Crippen molar-refractivity contribution in [2.45, 2.75) is 37.8 Å². The molecule has 1 fully saturated rings. The summed E-state index contributed by atoms with van der Waals surface area (Å²) in [6.07, 6.45) is 4.15. The number of amides is 1. The van der Waals surface area contributed by atoms with Gasteiger partial charge in [0, 0.05) is 6.07 Å².